The number of hydrogen-bond donors (Lipinski definition) is 0. The molecular weight excluding hydrogens is 406 g/mol. The number of esters is 1. The predicted octanol–water partition coefficient (Wildman–Crippen LogP) is 2.12. The molecule has 1 aliphatic heterocycles. The van der Waals surface area contributed by atoms with E-state index in [9.17, 15) is 19.7 Å². The molecule has 0 aliphatic carbocycles. The highest BCUT2D eigenvalue weighted by atomic mass is 16.6. The molecule has 0 radical (unpaired) electrons. The van der Waals surface area contributed by atoms with Crippen molar-refractivity contribution in [2.45, 2.75) is 0 Å². The predicted molar refractivity (Wildman–Crippen MR) is 112 cm³/mol. The van der Waals surface area contributed by atoms with E-state index >= 15 is 0 Å². The van der Waals surface area contributed by atoms with Crippen LogP contribution in [0.1, 0.15) is 10.4 Å². The first-order valence-corrected chi connectivity index (χ1v) is 9.59. The fraction of sp³-hybridized carbons (Fsp3) is 0.333. The van der Waals surface area contributed by atoms with E-state index in [1.165, 1.54) is 19.2 Å². The molecular formula is C21H23N3O7. The first-order chi connectivity index (χ1) is 14.9. The molecule has 2 aromatic carbocycles. The lowest BCUT2D eigenvalue weighted by molar-refractivity contribution is -0.385. The van der Waals surface area contributed by atoms with Gasteiger partial charge in [0.05, 0.1) is 24.7 Å². The van der Waals surface area contributed by atoms with Gasteiger partial charge < -0.3 is 24.0 Å². The zero-order chi connectivity index (χ0) is 22.4. The van der Waals surface area contributed by atoms with Gasteiger partial charge in [-0.3, -0.25) is 14.9 Å². The Morgan fingerprint density at radius 3 is 2.29 bits per heavy atom. The summed E-state index contributed by atoms with van der Waals surface area (Å²) in [4.78, 5) is 38.7. The Bertz CT molecular complexity index is 954. The molecule has 164 valence electrons. The number of rotatable bonds is 7. The summed E-state index contributed by atoms with van der Waals surface area (Å²) in [5.41, 5.74) is 0.813. The topological polar surface area (TPSA) is 111 Å². The maximum atomic E-state index is 12.6. The molecule has 1 fully saturated rings. The molecule has 0 aromatic heterocycles. The van der Waals surface area contributed by atoms with Crippen LogP contribution < -0.4 is 14.4 Å². The first-order valence-electron chi connectivity index (χ1n) is 9.59. The van der Waals surface area contributed by atoms with Gasteiger partial charge in [0.15, 0.2) is 12.4 Å². The largest absolute Gasteiger partial charge is 0.497 e. The first kappa shape index (κ1) is 21.9. The summed E-state index contributed by atoms with van der Waals surface area (Å²) >= 11 is 0. The quantitative estimate of drug-likeness (QED) is 0.374. The van der Waals surface area contributed by atoms with Gasteiger partial charge in [-0.05, 0) is 30.3 Å². The third kappa shape index (κ3) is 5.21. The SMILES string of the molecule is COC(=O)c1ccc([N+](=O)[O-])c(OCC(=O)N2CCN(c3ccc(OC)cc3)CC2)c1. The van der Waals surface area contributed by atoms with Crippen LogP contribution in [0.25, 0.3) is 0 Å². The van der Waals surface area contributed by atoms with Gasteiger partial charge in [-0.25, -0.2) is 4.79 Å². The molecule has 0 spiro atoms. The van der Waals surface area contributed by atoms with E-state index in [1.807, 2.05) is 24.3 Å². The minimum Gasteiger partial charge on any atom is -0.497 e. The van der Waals surface area contributed by atoms with Crippen molar-refractivity contribution >= 4 is 23.3 Å². The zero-order valence-electron chi connectivity index (χ0n) is 17.3. The van der Waals surface area contributed by atoms with Crippen molar-refractivity contribution in [3.63, 3.8) is 0 Å². The molecule has 1 saturated heterocycles. The fourth-order valence-electron chi connectivity index (χ4n) is 3.26. The monoisotopic (exact) mass is 429 g/mol. The Morgan fingerprint density at radius 2 is 1.71 bits per heavy atom. The van der Waals surface area contributed by atoms with E-state index in [0.717, 1.165) is 17.5 Å². The van der Waals surface area contributed by atoms with Crippen molar-refractivity contribution in [3.05, 3.63) is 58.1 Å². The number of piperazine rings is 1. The van der Waals surface area contributed by atoms with Crippen LogP contribution in [0.4, 0.5) is 11.4 Å². The number of ether oxygens (including phenoxy) is 3. The second-order valence-electron chi connectivity index (χ2n) is 6.79. The Kier molecular flexibility index (Phi) is 6.91. The molecule has 2 aromatic rings. The van der Waals surface area contributed by atoms with Gasteiger partial charge in [0, 0.05) is 44.0 Å². The summed E-state index contributed by atoms with van der Waals surface area (Å²) in [5.74, 6) is -0.314. The van der Waals surface area contributed by atoms with Crippen LogP contribution in [0, 0.1) is 10.1 Å². The maximum Gasteiger partial charge on any atom is 0.337 e. The van der Waals surface area contributed by atoms with Gasteiger partial charge in [0.1, 0.15) is 5.75 Å². The van der Waals surface area contributed by atoms with E-state index < -0.39 is 10.9 Å². The Balaban J connectivity index is 1.59. The molecule has 1 aliphatic rings. The van der Waals surface area contributed by atoms with Gasteiger partial charge in [-0.1, -0.05) is 0 Å². The number of hydrogen-bond acceptors (Lipinski definition) is 8. The van der Waals surface area contributed by atoms with Gasteiger partial charge in [0.2, 0.25) is 0 Å². The van der Waals surface area contributed by atoms with E-state index in [4.69, 9.17) is 9.47 Å². The number of carbonyl (C=O) groups is 2. The molecule has 0 N–H and O–H groups in total. The second-order valence-corrected chi connectivity index (χ2v) is 6.79. The lowest BCUT2D eigenvalue weighted by Crippen LogP contribution is -2.50. The van der Waals surface area contributed by atoms with Crippen molar-refractivity contribution in [1.82, 2.24) is 4.90 Å². The molecule has 0 unspecified atom stereocenters. The van der Waals surface area contributed by atoms with E-state index in [-0.39, 0.29) is 29.5 Å². The summed E-state index contributed by atoms with van der Waals surface area (Å²) in [5, 5.41) is 11.2. The number of nitro benzene ring substituents is 1. The maximum absolute atomic E-state index is 12.6. The van der Waals surface area contributed by atoms with Crippen molar-refractivity contribution in [2.75, 3.05) is 51.9 Å². The van der Waals surface area contributed by atoms with Crippen molar-refractivity contribution in [2.24, 2.45) is 0 Å². The summed E-state index contributed by atoms with van der Waals surface area (Å²) in [6, 6.07) is 11.3. The molecule has 10 nitrogen and oxygen atoms in total. The number of carbonyl (C=O) groups excluding carboxylic acids is 2. The summed E-state index contributed by atoms with van der Waals surface area (Å²) < 4.78 is 15.2. The zero-order valence-corrected chi connectivity index (χ0v) is 17.3. The summed E-state index contributed by atoms with van der Waals surface area (Å²) in [6.07, 6.45) is 0. The summed E-state index contributed by atoms with van der Waals surface area (Å²) in [7, 11) is 2.82. The van der Waals surface area contributed by atoms with Crippen LogP contribution in [0.2, 0.25) is 0 Å². The Morgan fingerprint density at radius 1 is 1.03 bits per heavy atom. The normalized spacial score (nSPS) is 13.5. The van der Waals surface area contributed by atoms with Crippen LogP contribution >= 0.6 is 0 Å². The van der Waals surface area contributed by atoms with Crippen LogP contribution in [0.3, 0.4) is 0 Å². The Labute approximate surface area is 179 Å². The fourth-order valence-corrected chi connectivity index (χ4v) is 3.26. The molecule has 0 bridgehead atoms. The number of methoxy groups -OCH3 is 2. The number of nitrogens with zero attached hydrogens (tertiary/aromatic N) is 3. The Hall–Kier alpha value is -3.82. The van der Waals surface area contributed by atoms with Gasteiger partial charge in [0.25, 0.3) is 5.91 Å². The highest BCUT2D eigenvalue weighted by molar-refractivity contribution is 5.90. The average molecular weight is 429 g/mol. The molecule has 1 amide bonds. The average Bonchev–Trinajstić information content (AvgIpc) is 2.81. The van der Waals surface area contributed by atoms with Gasteiger partial charge in [-0.2, -0.15) is 0 Å². The highest BCUT2D eigenvalue weighted by Crippen LogP contribution is 2.28. The minimum absolute atomic E-state index is 0.101. The van der Waals surface area contributed by atoms with Crippen LogP contribution in [0.5, 0.6) is 11.5 Å². The molecule has 1 heterocycles. The third-order valence-corrected chi connectivity index (χ3v) is 5.00. The second kappa shape index (κ2) is 9.79. The molecule has 10 heteroatoms. The molecule has 0 saturated carbocycles. The number of benzene rings is 2. The van der Waals surface area contributed by atoms with E-state index in [1.54, 1.807) is 12.0 Å². The molecule has 0 atom stereocenters. The minimum atomic E-state index is -0.652. The van der Waals surface area contributed by atoms with Gasteiger partial charge >= 0.3 is 11.7 Å². The van der Waals surface area contributed by atoms with E-state index in [2.05, 4.69) is 9.64 Å². The van der Waals surface area contributed by atoms with Gasteiger partial charge in [-0.15, -0.1) is 0 Å². The lowest BCUT2D eigenvalue weighted by atomic mass is 10.2. The lowest BCUT2D eigenvalue weighted by Gasteiger charge is -2.36. The highest BCUT2D eigenvalue weighted by Gasteiger charge is 2.24. The smallest absolute Gasteiger partial charge is 0.337 e. The van der Waals surface area contributed by atoms with Crippen LogP contribution in [-0.2, 0) is 9.53 Å². The van der Waals surface area contributed by atoms with Crippen molar-refractivity contribution < 1.29 is 28.7 Å². The van der Waals surface area contributed by atoms with Crippen molar-refractivity contribution in [1.29, 1.82) is 0 Å². The van der Waals surface area contributed by atoms with Crippen LogP contribution in [-0.4, -0.2) is 68.7 Å². The third-order valence-electron chi connectivity index (χ3n) is 5.00. The molecule has 31 heavy (non-hydrogen) atoms. The van der Waals surface area contributed by atoms with Crippen molar-refractivity contribution in [3.8, 4) is 11.5 Å². The van der Waals surface area contributed by atoms with Crippen LogP contribution in [0.15, 0.2) is 42.5 Å². The summed E-state index contributed by atoms with van der Waals surface area (Å²) in [6.45, 7) is 1.93. The number of amides is 1. The number of nitro groups is 1. The van der Waals surface area contributed by atoms with E-state index in [0.29, 0.717) is 26.2 Å². The standard InChI is InChI=1S/C21H23N3O7/c1-29-17-6-4-16(5-7-17)22-9-11-23(12-10-22)20(25)14-31-19-13-15(21(26)30-2)3-8-18(19)24(27)28/h3-8,13H,9-12,14H2,1-2H3. The molecule has 3 rings (SSSR count). The number of anilines is 1.